The van der Waals surface area contributed by atoms with Gasteiger partial charge in [0, 0.05) is 15.8 Å². The van der Waals surface area contributed by atoms with Gasteiger partial charge in [-0.3, -0.25) is 0 Å². The summed E-state index contributed by atoms with van der Waals surface area (Å²) in [6, 6.07) is 3.19. The zero-order chi connectivity index (χ0) is 14.7. The largest absolute Gasteiger partial charge is 0.309 e. The third-order valence-electron chi connectivity index (χ3n) is 5.47. The van der Waals surface area contributed by atoms with E-state index >= 15 is 0 Å². The van der Waals surface area contributed by atoms with E-state index in [2.05, 4.69) is 36.6 Å². The van der Waals surface area contributed by atoms with Gasteiger partial charge in [-0.05, 0) is 75.0 Å². The maximum absolute atomic E-state index is 3.89. The van der Waals surface area contributed by atoms with Crippen molar-refractivity contribution in [2.24, 2.45) is 11.8 Å². The van der Waals surface area contributed by atoms with Gasteiger partial charge in [-0.1, -0.05) is 26.7 Å². The van der Waals surface area contributed by atoms with Crippen LogP contribution in [0.15, 0.2) is 6.07 Å². The Balaban J connectivity index is 1.76. The molecule has 1 fully saturated rings. The van der Waals surface area contributed by atoms with Crippen molar-refractivity contribution in [3.63, 3.8) is 0 Å². The summed E-state index contributed by atoms with van der Waals surface area (Å²) >= 11 is 2.13. The predicted octanol–water partition coefficient (Wildman–Crippen LogP) is 5.49. The van der Waals surface area contributed by atoms with Crippen molar-refractivity contribution in [2.75, 3.05) is 6.54 Å². The molecular weight excluding hydrogens is 274 g/mol. The van der Waals surface area contributed by atoms with Crippen LogP contribution in [0.1, 0.15) is 80.2 Å². The minimum absolute atomic E-state index is 0.632. The van der Waals surface area contributed by atoms with Crippen LogP contribution in [0.4, 0.5) is 0 Å². The summed E-state index contributed by atoms with van der Waals surface area (Å²) in [5, 5.41) is 3.89. The van der Waals surface area contributed by atoms with Crippen molar-refractivity contribution in [1.82, 2.24) is 5.32 Å². The van der Waals surface area contributed by atoms with Crippen LogP contribution in [0.2, 0.25) is 0 Å². The van der Waals surface area contributed by atoms with Gasteiger partial charge in [0.2, 0.25) is 0 Å². The molecule has 2 aliphatic rings. The Morgan fingerprint density at radius 2 is 1.95 bits per heavy atom. The molecule has 1 heterocycles. The van der Waals surface area contributed by atoms with Crippen LogP contribution in [0, 0.1) is 11.8 Å². The lowest BCUT2D eigenvalue weighted by atomic mass is 9.78. The number of thiophene rings is 1. The molecule has 2 aliphatic carbocycles. The zero-order valence-corrected chi connectivity index (χ0v) is 14.6. The second kappa shape index (κ2) is 7.28. The average molecular weight is 306 g/mol. The summed E-state index contributed by atoms with van der Waals surface area (Å²) in [5.74, 6) is 1.82. The van der Waals surface area contributed by atoms with Crippen LogP contribution < -0.4 is 5.32 Å². The molecule has 0 radical (unpaired) electrons. The lowest BCUT2D eigenvalue weighted by Crippen LogP contribution is -2.30. The van der Waals surface area contributed by atoms with Gasteiger partial charge >= 0.3 is 0 Å². The van der Waals surface area contributed by atoms with E-state index in [0.29, 0.717) is 6.04 Å². The molecule has 1 aromatic rings. The van der Waals surface area contributed by atoms with Crippen LogP contribution in [0.3, 0.4) is 0 Å². The van der Waals surface area contributed by atoms with Gasteiger partial charge in [0.1, 0.15) is 0 Å². The number of nitrogens with one attached hydrogen (secondary N) is 1. The summed E-state index contributed by atoms with van der Waals surface area (Å²) in [7, 11) is 0. The highest BCUT2D eigenvalue weighted by molar-refractivity contribution is 7.12. The van der Waals surface area contributed by atoms with Crippen molar-refractivity contribution in [1.29, 1.82) is 0 Å². The standard InChI is InChI=1S/C19H31NS/c1-3-12-20-19(15-10-8-14(2)9-11-15)18-13-16-6-4-5-7-17(16)21-18/h13-15,19-20H,3-12H2,1-2H3. The Morgan fingerprint density at radius 1 is 1.19 bits per heavy atom. The molecule has 0 saturated heterocycles. The molecule has 0 spiro atoms. The minimum atomic E-state index is 0.632. The topological polar surface area (TPSA) is 12.0 Å². The molecule has 1 nitrogen and oxygen atoms in total. The Morgan fingerprint density at radius 3 is 2.67 bits per heavy atom. The predicted molar refractivity (Wildman–Crippen MR) is 93.1 cm³/mol. The van der Waals surface area contributed by atoms with Gasteiger partial charge in [0.25, 0.3) is 0 Å². The molecule has 0 aromatic carbocycles. The third kappa shape index (κ3) is 3.71. The highest BCUT2D eigenvalue weighted by atomic mass is 32.1. The molecule has 0 aliphatic heterocycles. The lowest BCUT2D eigenvalue weighted by Gasteiger charge is -2.33. The fourth-order valence-electron chi connectivity index (χ4n) is 4.09. The first-order chi connectivity index (χ1) is 10.3. The Labute approximate surface area is 134 Å². The fourth-order valence-corrected chi connectivity index (χ4v) is 5.51. The molecule has 21 heavy (non-hydrogen) atoms. The average Bonchev–Trinajstić information content (AvgIpc) is 2.93. The monoisotopic (exact) mass is 305 g/mol. The number of rotatable bonds is 5. The molecule has 1 unspecified atom stereocenters. The fraction of sp³-hybridized carbons (Fsp3) is 0.789. The molecular formula is C19H31NS. The van der Waals surface area contributed by atoms with Crippen LogP contribution in [-0.4, -0.2) is 6.54 Å². The van der Waals surface area contributed by atoms with E-state index < -0.39 is 0 Å². The van der Waals surface area contributed by atoms with Crippen molar-refractivity contribution in [2.45, 2.75) is 77.7 Å². The Hall–Kier alpha value is -0.340. The summed E-state index contributed by atoms with van der Waals surface area (Å²) < 4.78 is 0. The van der Waals surface area contributed by atoms with Gasteiger partial charge in [-0.2, -0.15) is 0 Å². The van der Waals surface area contributed by atoms with Crippen molar-refractivity contribution < 1.29 is 0 Å². The van der Waals surface area contributed by atoms with E-state index in [0.717, 1.165) is 11.8 Å². The molecule has 3 rings (SSSR count). The van der Waals surface area contributed by atoms with E-state index in [9.17, 15) is 0 Å². The van der Waals surface area contributed by atoms with Gasteiger partial charge in [-0.15, -0.1) is 11.3 Å². The smallest absolute Gasteiger partial charge is 0.0443 e. The summed E-state index contributed by atoms with van der Waals surface area (Å²) in [6.45, 7) is 5.88. The number of fused-ring (bicyclic) bond motifs is 1. The second-order valence-corrected chi connectivity index (χ2v) is 8.42. The van der Waals surface area contributed by atoms with Crippen molar-refractivity contribution in [3.8, 4) is 0 Å². The SMILES string of the molecule is CCCNC(c1cc2c(s1)CCCC2)C1CCC(C)CC1. The van der Waals surface area contributed by atoms with Crippen LogP contribution >= 0.6 is 11.3 Å². The number of aryl methyl sites for hydroxylation is 2. The van der Waals surface area contributed by atoms with E-state index in [-0.39, 0.29) is 0 Å². The van der Waals surface area contributed by atoms with Gasteiger partial charge in [0.05, 0.1) is 0 Å². The minimum Gasteiger partial charge on any atom is -0.309 e. The van der Waals surface area contributed by atoms with Gasteiger partial charge in [-0.25, -0.2) is 0 Å². The first-order valence-corrected chi connectivity index (χ1v) is 9.94. The molecule has 118 valence electrons. The van der Waals surface area contributed by atoms with Crippen LogP contribution in [0.25, 0.3) is 0 Å². The van der Waals surface area contributed by atoms with Crippen molar-refractivity contribution >= 4 is 11.3 Å². The summed E-state index contributed by atoms with van der Waals surface area (Å²) in [6.07, 6.45) is 12.4. The Bertz CT molecular complexity index is 419. The van der Waals surface area contributed by atoms with E-state index in [1.54, 1.807) is 15.3 Å². The van der Waals surface area contributed by atoms with Crippen LogP contribution in [0.5, 0.6) is 0 Å². The second-order valence-electron chi connectivity index (χ2n) is 7.26. The summed E-state index contributed by atoms with van der Waals surface area (Å²) in [4.78, 5) is 3.35. The molecule has 1 N–H and O–H groups in total. The Kier molecular flexibility index (Phi) is 5.39. The molecule has 0 bridgehead atoms. The molecule has 1 aromatic heterocycles. The van der Waals surface area contributed by atoms with Crippen molar-refractivity contribution in [3.05, 3.63) is 21.4 Å². The lowest BCUT2D eigenvalue weighted by molar-refractivity contribution is 0.233. The van der Waals surface area contributed by atoms with Gasteiger partial charge in [0.15, 0.2) is 0 Å². The zero-order valence-electron chi connectivity index (χ0n) is 13.8. The molecule has 1 atom stereocenters. The molecule has 1 saturated carbocycles. The first kappa shape index (κ1) is 15.6. The highest BCUT2D eigenvalue weighted by Gasteiger charge is 2.29. The number of hydrogen-bond acceptors (Lipinski definition) is 2. The highest BCUT2D eigenvalue weighted by Crippen LogP contribution is 2.41. The summed E-state index contributed by atoms with van der Waals surface area (Å²) in [5.41, 5.74) is 1.67. The maximum atomic E-state index is 3.89. The number of hydrogen-bond donors (Lipinski definition) is 1. The third-order valence-corrected chi connectivity index (χ3v) is 6.79. The van der Waals surface area contributed by atoms with E-state index in [1.807, 2.05) is 0 Å². The van der Waals surface area contributed by atoms with Gasteiger partial charge < -0.3 is 5.32 Å². The normalized spacial score (nSPS) is 27.3. The molecule has 0 amide bonds. The quantitative estimate of drug-likeness (QED) is 0.758. The first-order valence-electron chi connectivity index (χ1n) is 9.12. The molecule has 2 heteroatoms. The van der Waals surface area contributed by atoms with Crippen LogP contribution in [-0.2, 0) is 12.8 Å². The van der Waals surface area contributed by atoms with E-state index in [4.69, 9.17) is 0 Å². The van der Waals surface area contributed by atoms with E-state index in [1.165, 1.54) is 64.3 Å². The maximum Gasteiger partial charge on any atom is 0.0443 e.